The number of rotatable bonds is 5. The number of hydrogen-bond donors (Lipinski definition) is 2. The average molecular weight is 146 g/mol. The van der Waals surface area contributed by atoms with Crippen molar-refractivity contribution in [2.45, 2.75) is 13.0 Å². The number of nitrogens with one attached hydrogen (secondary N) is 1. The van der Waals surface area contributed by atoms with Gasteiger partial charge in [0.05, 0.1) is 12.3 Å². The molecule has 0 aliphatic rings. The van der Waals surface area contributed by atoms with Crippen LogP contribution in [0, 0.1) is 0 Å². The fraction of sp³-hybridized carbons (Fsp3) is 0.833. The summed E-state index contributed by atoms with van der Waals surface area (Å²) in [5.74, 6) is 0. The Morgan fingerprint density at radius 3 is 3.00 bits per heavy atom. The summed E-state index contributed by atoms with van der Waals surface area (Å²) < 4.78 is 0. The number of oxime groups is 1. The Morgan fingerprint density at radius 1 is 1.80 bits per heavy atom. The Bertz CT molecular complexity index is 93.7. The minimum atomic E-state index is -0.309. The molecule has 0 aromatic carbocycles. The maximum atomic E-state index is 8.77. The normalized spacial score (nSPS) is 13.9. The number of aliphatic hydroxyl groups is 1. The van der Waals surface area contributed by atoms with Gasteiger partial charge >= 0.3 is 0 Å². The van der Waals surface area contributed by atoms with Crippen LogP contribution in [-0.2, 0) is 4.84 Å². The van der Waals surface area contributed by atoms with Crippen LogP contribution in [-0.4, -0.2) is 37.6 Å². The minimum absolute atomic E-state index is 0.309. The molecule has 4 heteroatoms. The Morgan fingerprint density at radius 2 is 2.50 bits per heavy atom. The van der Waals surface area contributed by atoms with Crippen LogP contribution in [0.2, 0.25) is 0 Å². The average Bonchev–Trinajstić information content (AvgIpc) is 1.87. The van der Waals surface area contributed by atoms with Crippen LogP contribution in [0.5, 0.6) is 0 Å². The van der Waals surface area contributed by atoms with E-state index in [1.54, 1.807) is 13.1 Å². The molecule has 0 aliphatic carbocycles. The molecule has 10 heavy (non-hydrogen) atoms. The predicted molar refractivity (Wildman–Crippen MR) is 40.1 cm³/mol. The Kier molecular flexibility index (Phi) is 6.11. The van der Waals surface area contributed by atoms with Gasteiger partial charge in [-0.15, -0.1) is 0 Å². The highest BCUT2D eigenvalue weighted by atomic mass is 16.6. The summed E-state index contributed by atoms with van der Waals surface area (Å²) in [6.45, 7) is 2.93. The van der Waals surface area contributed by atoms with Crippen molar-refractivity contribution in [1.82, 2.24) is 5.32 Å². The Hall–Kier alpha value is -0.610. The van der Waals surface area contributed by atoms with E-state index in [-0.39, 0.29) is 6.10 Å². The van der Waals surface area contributed by atoms with E-state index in [2.05, 4.69) is 15.3 Å². The molecule has 0 heterocycles. The standard InChI is InChI=1S/C6H14N2O2/c1-6(9)5-7-3-4-8-10-2/h4,6-7,9H,3,5H2,1-2H3/b8-4+. The Balaban J connectivity index is 2.97. The molecule has 0 aliphatic heterocycles. The van der Waals surface area contributed by atoms with E-state index in [0.29, 0.717) is 13.1 Å². The van der Waals surface area contributed by atoms with Crippen molar-refractivity contribution >= 4 is 6.21 Å². The summed E-state index contributed by atoms with van der Waals surface area (Å²) in [5, 5.41) is 15.2. The lowest BCUT2D eigenvalue weighted by molar-refractivity contribution is 0.192. The second-order valence-electron chi connectivity index (χ2n) is 1.98. The maximum absolute atomic E-state index is 8.77. The van der Waals surface area contributed by atoms with Gasteiger partial charge in [0.1, 0.15) is 7.11 Å². The summed E-state index contributed by atoms with van der Waals surface area (Å²) in [4.78, 5) is 4.42. The summed E-state index contributed by atoms with van der Waals surface area (Å²) in [5.41, 5.74) is 0. The van der Waals surface area contributed by atoms with Crippen LogP contribution in [0.25, 0.3) is 0 Å². The highest BCUT2D eigenvalue weighted by molar-refractivity contribution is 5.58. The van der Waals surface area contributed by atoms with Gasteiger partial charge in [-0.25, -0.2) is 0 Å². The fourth-order valence-corrected chi connectivity index (χ4v) is 0.469. The number of aliphatic hydroxyl groups excluding tert-OH is 1. The Labute approximate surface area is 60.9 Å². The molecule has 0 spiro atoms. The monoisotopic (exact) mass is 146 g/mol. The molecule has 0 saturated carbocycles. The summed E-state index contributed by atoms with van der Waals surface area (Å²) in [7, 11) is 1.49. The van der Waals surface area contributed by atoms with Gasteiger partial charge in [0.15, 0.2) is 0 Å². The van der Waals surface area contributed by atoms with E-state index in [4.69, 9.17) is 5.11 Å². The molecule has 4 nitrogen and oxygen atoms in total. The largest absolute Gasteiger partial charge is 0.399 e. The lowest BCUT2D eigenvalue weighted by Gasteiger charge is -2.02. The second kappa shape index (κ2) is 6.51. The van der Waals surface area contributed by atoms with Crippen LogP contribution >= 0.6 is 0 Å². The van der Waals surface area contributed by atoms with E-state index in [9.17, 15) is 0 Å². The van der Waals surface area contributed by atoms with Gasteiger partial charge in [0, 0.05) is 13.1 Å². The van der Waals surface area contributed by atoms with Gasteiger partial charge in [-0.2, -0.15) is 0 Å². The summed E-state index contributed by atoms with van der Waals surface area (Å²) >= 11 is 0. The van der Waals surface area contributed by atoms with Crippen molar-refractivity contribution in [1.29, 1.82) is 0 Å². The zero-order valence-electron chi connectivity index (χ0n) is 6.37. The third kappa shape index (κ3) is 7.39. The van der Waals surface area contributed by atoms with E-state index < -0.39 is 0 Å². The lowest BCUT2D eigenvalue weighted by Crippen LogP contribution is -2.25. The van der Waals surface area contributed by atoms with Crippen LogP contribution in [0.3, 0.4) is 0 Å². The molecule has 60 valence electrons. The van der Waals surface area contributed by atoms with Crippen molar-refractivity contribution in [2.24, 2.45) is 5.16 Å². The molecule has 0 bridgehead atoms. The maximum Gasteiger partial charge on any atom is 0.106 e. The van der Waals surface area contributed by atoms with Crippen LogP contribution in [0.15, 0.2) is 5.16 Å². The highest BCUT2D eigenvalue weighted by Gasteiger charge is 1.90. The molecular formula is C6H14N2O2. The van der Waals surface area contributed by atoms with E-state index in [0.717, 1.165) is 0 Å². The zero-order valence-corrected chi connectivity index (χ0v) is 6.37. The van der Waals surface area contributed by atoms with Gasteiger partial charge < -0.3 is 15.3 Å². The van der Waals surface area contributed by atoms with Crippen LogP contribution in [0.4, 0.5) is 0 Å². The van der Waals surface area contributed by atoms with Gasteiger partial charge in [0.2, 0.25) is 0 Å². The predicted octanol–water partition coefficient (Wildman–Crippen LogP) is -0.411. The molecule has 0 saturated heterocycles. The molecule has 0 amide bonds. The van der Waals surface area contributed by atoms with Crippen LogP contribution < -0.4 is 5.32 Å². The van der Waals surface area contributed by atoms with Crippen molar-refractivity contribution in [3.63, 3.8) is 0 Å². The SMILES string of the molecule is CO/N=C/CNCC(C)O. The minimum Gasteiger partial charge on any atom is -0.399 e. The van der Waals surface area contributed by atoms with Gasteiger partial charge in [0.25, 0.3) is 0 Å². The van der Waals surface area contributed by atoms with Crippen molar-refractivity contribution < 1.29 is 9.94 Å². The molecule has 0 fully saturated rings. The second-order valence-corrected chi connectivity index (χ2v) is 1.98. The zero-order chi connectivity index (χ0) is 7.82. The van der Waals surface area contributed by atoms with Gasteiger partial charge in [-0.05, 0) is 6.92 Å². The quantitative estimate of drug-likeness (QED) is 0.315. The summed E-state index contributed by atoms with van der Waals surface area (Å²) in [6.07, 6.45) is 1.29. The van der Waals surface area contributed by atoms with E-state index >= 15 is 0 Å². The topological polar surface area (TPSA) is 53.8 Å². The molecule has 2 N–H and O–H groups in total. The van der Waals surface area contributed by atoms with Crippen molar-refractivity contribution in [3.05, 3.63) is 0 Å². The molecule has 0 rings (SSSR count). The molecule has 1 atom stereocenters. The first kappa shape index (κ1) is 9.39. The third-order valence-electron chi connectivity index (χ3n) is 0.855. The molecule has 1 unspecified atom stereocenters. The first-order valence-corrected chi connectivity index (χ1v) is 3.21. The fourth-order valence-electron chi connectivity index (χ4n) is 0.469. The molecule has 0 aromatic heterocycles. The highest BCUT2D eigenvalue weighted by Crippen LogP contribution is 1.72. The van der Waals surface area contributed by atoms with Crippen LogP contribution in [0.1, 0.15) is 6.92 Å². The molecular weight excluding hydrogens is 132 g/mol. The smallest absolute Gasteiger partial charge is 0.106 e. The molecule has 0 radical (unpaired) electrons. The van der Waals surface area contributed by atoms with E-state index in [1.807, 2.05) is 0 Å². The van der Waals surface area contributed by atoms with Crippen molar-refractivity contribution in [2.75, 3.05) is 20.2 Å². The first-order valence-electron chi connectivity index (χ1n) is 3.21. The van der Waals surface area contributed by atoms with E-state index in [1.165, 1.54) is 7.11 Å². The number of hydrogen-bond acceptors (Lipinski definition) is 4. The first-order chi connectivity index (χ1) is 4.77. The van der Waals surface area contributed by atoms with Gasteiger partial charge in [-0.3, -0.25) is 0 Å². The van der Waals surface area contributed by atoms with Gasteiger partial charge in [-0.1, -0.05) is 5.16 Å². The number of nitrogens with zero attached hydrogens (tertiary/aromatic N) is 1. The molecule has 0 aromatic rings. The lowest BCUT2D eigenvalue weighted by atomic mass is 10.4. The summed E-state index contributed by atoms with van der Waals surface area (Å²) in [6, 6.07) is 0. The van der Waals surface area contributed by atoms with Crippen molar-refractivity contribution in [3.8, 4) is 0 Å². The third-order valence-corrected chi connectivity index (χ3v) is 0.855.